The summed E-state index contributed by atoms with van der Waals surface area (Å²) in [7, 11) is -4.10. The molecule has 0 amide bonds. The van der Waals surface area contributed by atoms with E-state index in [-0.39, 0.29) is 23.4 Å². The van der Waals surface area contributed by atoms with Crippen molar-refractivity contribution in [3.05, 3.63) is 100 Å². The van der Waals surface area contributed by atoms with Crippen molar-refractivity contribution in [1.29, 1.82) is 0 Å². The molecule has 0 radical (unpaired) electrons. The predicted octanol–water partition coefficient (Wildman–Crippen LogP) is 6.40. The second-order valence-corrected chi connectivity index (χ2v) is 9.88. The van der Waals surface area contributed by atoms with Crippen LogP contribution in [0, 0.1) is 0 Å². The molecule has 0 aromatic heterocycles. The highest BCUT2D eigenvalue weighted by atomic mass is 35.5. The molecular formula is C24H21ClF3NO4S. The van der Waals surface area contributed by atoms with E-state index in [4.69, 9.17) is 16.7 Å². The third kappa shape index (κ3) is 5.78. The van der Waals surface area contributed by atoms with Gasteiger partial charge in [-0.05, 0) is 66.1 Å². The molecule has 180 valence electrons. The van der Waals surface area contributed by atoms with Crippen molar-refractivity contribution in [2.45, 2.75) is 37.0 Å². The average molecular weight is 512 g/mol. The Balaban J connectivity index is 2.06. The SMILES string of the molecule is CC[C@@H](c1ccc(C(F)(F)F)cc1)N(Cc1ccc(C(=O)O)cc1)S(=O)(=O)c1ccc(Cl)cc1. The number of alkyl halides is 3. The topological polar surface area (TPSA) is 74.7 Å². The van der Waals surface area contributed by atoms with Crippen LogP contribution in [0.3, 0.4) is 0 Å². The molecule has 34 heavy (non-hydrogen) atoms. The molecule has 3 rings (SSSR count). The van der Waals surface area contributed by atoms with Gasteiger partial charge in [-0.3, -0.25) is 0 Å². The van der Waals surface area contributed by atoms with Gasteiger partial charge in [-0.2, -0.15) is 17.5 Å². The van der Waals surface area contributed by atoms with Crippen molar-refractivity contribution in [1.82, 2.24) is 4.31 Å². The van der Waals surface area contributed by atoms with Gasteiger partial charge in [0, 0.05) is 11.6 Å². The zero-order valence-electron chi connectivity index (χ0n) is 18.0. The van der Waals surface area contributed by atoms with Crippen LogP contribution in [-0.2, 0) is 22.7 Å². The Labute approximate surface area is 200 Å². The first-order chi connectivity index (χ1) is 15.9. The number of carboxylic acids is 1. The average Bonchev–Trinajstić information content (AvgIpc) is 2.79. The molecule has 0 heterocycles. The van der Waals surface area contributed by atoms with Crippen molar-refractivity contribution in [3.8, 4) is 0 Å². The first-order valence-electron chi connectivity index (χ1n) is 10.2. The van der Waals surface area contributed by atoms with Crippen LogP contribution >= 0.6 is 11.6 Å². The number of rotatable bonds is 8. The van der Waals surface area contributed by atoms with Gasteiger partial charge >= 0.3 is 12.1 Å². The summed E-state index contributed by atoms with van der Waals surface area (Å²) in [6.07, 6.45) is -4.23. The van der Waals surface area contributed by atoms with Gasteiger partial charge in [-0.15, -0.1) is 0 Å². The Morgan fingerprint density at radius 3 is 2.00 bits per heavy atom. The summed E-state index contributed by atoms with van der Waals surface area (Å²) in [6, 6.07) is 15.0. The summed E-state index contributed by atoms with van der Waals surface area (Å²) in [6.45, 7) is 1.62. The van der Waals surface area contributed by atoms with Crippen molar-refractivity contribution in [3.63, 3.8) is 0 Å². The van der Waals surface area contributed by atoms with Crippen LogP contribution in [-0.4, -0.2) is 23.8 Å². The number of hydrogen-bond acceptors (Lipinski definition) is 3. The number of hydrogen-bond donors (Lipinski definition) is 1. The molecule has 0 saturated carbocycles. The third-order valence-corrected chi connectivity index (χ3v) is 7.44. The maximum absolute atomic E-state index is 13.6. The van der Waals surface area contributed by atoms with E-state index >= 15 is 0 Å². The molecule has 0 aliphatic rings. The third-order valence-electron chi connectivity index (χ3n) is 5.32. The minimum Gasteiger partial charge on any atom is -0.478 e. The summed E-state index contributed by atoms with van der Waals surface area (Å²) >= 11 is 5.90. The number of nitrogens with zero attached hydrogens (tertiary/aromatic N) is 1. The van der Waals surface area contributed by atoms with E-state index in [1.165, 1.54) is 65.0 Å². The molecule has 0 saturated heterocycles. The Kier molecular flexibility index (Phi) is 7.70. The highest BCUT2D eigenvalue weighted by Crippen LogP contribution is 2.35. The maximum atomic E-state index is 13.6. The van der Waals surface area contributed by atoms with Crippen LogP contribution in [0.5, 0.6) is 0 Å². The molecule has 1 N–H and O–H groups in total. The normalized spacial score (nSPS) is 13.1. The fourth-order valence-corrected chi connectivity index (χ4v) is 5.34. The van der Waals surface area contributed by atoms with Gasteiger partial charge in [0.15, 0.2) is 0 Å². The first kappa shape index (κ1) is 25.7. The number of sulfonamides is 1. The first-order valence-corrected chi connectivity index (χ1v) is 12.0. The lowest BCUT2D eigenvalue weighted by Gasteiger charge is -2.31. The van der Waals surface area contributed by atoms with Crippen molar-refractivity contribution in [2.24, 2.45) is 0 Å². The Morgan fingerprint density at radius 2 is 1.53 bits per heavy atom. The summed E-state index contributed by atoms with van der Waals surface area (Å²) in [4.78, 5) is 11.1. The largest absolute Gasteiger partial charge is 0.478 e. The van der Waals surface area contributed by atoms with Gasteiger partial charge in [-0.1, -0.05) is 42.8 Å². The second kappa shape index (κ2) is 10.2. The maximum Gasteiger partial charge on any atom is 0.416 e. The van der Waals surface area contributed by atoms with Crippen molar-refractivity contribution >= 4 is 27.6 Å². The van der Waals surface area contributed by atoms with E-state index in [1.54, 1.807) is 6.92 Å². The smallest absolute Gasteiger partial charge is 0.416 e. The molecule has 3 aromatic carbocycles. The molecule has 0 bridgehead atoms. The lowest BCUT2D eigenvalue weighted by atomic mass is 10.0. The number of carboxylic acid groups (broad SMARTS) is 1. The second-order valence-electron chi connectivity index (χ2n) is 7.55. The van der Waals surface area contributed by atoms with Gasteiger partial charge in [-0.25, -0.2) is 13.2 Å². The van der Waals surface area contributed by atoms with E-state index in [1.807, 2.05) is 0 Å². The molecular weight excluding hydrogens is 491 g/mol. The van der Waals surface area contributed by atoms with Crippen molar-refractivity contribution < 1.29 is 31.5 Å². The van der Waals surface area contributed by atoms with Gasteiger partial charge in [0.05, 0.1) is 22.1 Å². The molecule has 0 spiro atoms. The zero-order valence-corrected chi connectivity index (χ0v) is 19.5. The van der Waals surface area contributed by atoms with Gasteiger partial charge in [0.1, 0.15) is 0 Å². The number of carbonyl (C=O) groups is 1. The fourth-order valence-electron chi connectivity index (χ4n) is 3.54. The highest BCUT2D eigenvalue weighted by Gasteiger charge is 2.34. The molecule has 5 nitrogen and oxygen atoms in total. The van der Waals surface area contributed by atoms with Crippen LogP contribution in [0.2, 0.25) is 5.02 Å². The quantitative estimate of drug-likeness (QED) is 0.380. The van der Waals surface area contributed by atoms with Crippen LogP contribution in [0.1, 0.15) is 46.4 Å². The van der Waals surface area contributed by atoms with Crippen LogP contribution in [0.4, 0.5) is 13.2 Å². The summed E-state index contributed by atoms with van der Waals surface area (Å²) in [5, 5.41) is 9.47. The van der Waals surface area contributed by atoms with E-state index in [9.17, 15) is 26.4 Å². The molecule has 0 fully saturated rings. The lowest BCUT2D eigenvalue weighted by molar-refractivity contribution is -0.137. The minimum atomic E-state index is -4.51. The van der Waals surface area contributed by atoms with Gasteiger partial charge < -0.3 is 5.11 Å². The van der Waals surface area contributed by atoms with Crippen LogP contribution in [0.15, 0.2) is 77.7 Å². The van der Waals surface area contributed by atoms with E-state index in [0.29, 0.717) is 16.1 Å². The van der Waals surface area contributed by atoms with Crippen LogP contribution in [0.25, 0.3) is 0 Å². The fraction of sp³-hybridized carbons (Fsp3) is 0.208. The predicted molar refractivity (Wildman–Crippen MR) is 122 cm³/mol. The standard InChI is InChI=1S/C24H21ClF3NO4S/c1-2-22(17-7-9-19(10-8-17)24(26,27)28)29(15-16-3-5-18(6-4-16)23(30)31)34(32,33)21-13-11-20(25)12-14-21/h3-14,22H,2,15H2,1H3,(H,30,31)/t22-/m0/s1. The summed E-state index contributed by atoms with van der Waals surface area (Å²) in [5.41, 5.74) is 0.135. The van der Waals surface area contributed by atoms with E-state index < -0.39 is 33.8 Å². The highest BCUT2D eigenvalue weighted by molar-refractivity contribution is 7.89. The minimum absolute atomic E-state index is 0.0237. The molecule has 0 aliphatic heterocycles. The van der Waals surface area contributed by atoms with E-state index in [0.717, 1.165) is 12.1 Å². The van der Waals surface area contributed by atoms with Crippen LogP contribution < -0.4 is 0 Å². The van der Waals surface area contributed by atoms with E-state index in [2.05, 4.69) is 0 Å². The molecule has 0 unspecified atom stereocenters. The number of benzene rings is 3. The lowest BCUT2D eigenvalue weighted by Crippen LogP contribution is -2.34. The molecule has 1 atom stereocenters. The van der Waals surface area contributed by atoms with Gasteiger partial charge in [0.2, 0.25) is 10.0 Å². The Morgan fingerprint density at radius 1 is 0.971 bits per heavy atom. The van der Waals surface area contributed by atoms with Gasteiger partial charge in [0.25, 0.3) is 0 Å². The molecule has 0 aliphatic carbocycles. The summed E-state index contributed by atoms with van der Waals surface area (Å²) < 4.78 is 67.5. The Bertz CT molecular complexity index is 1240. The zero-order chi connectivity index (χ0) is 25.1. The number of aromatic carboxylic acids is 1. The number of halogens is 4. The molecule has 10 heteroatoms. The van der Waals surface area contributed by atoms with Crippen molar-refractivity contribution in [2.75, 3.05) is 0 Å². The Hall–Kier alpha value is -2.88. The summed E-state index contributed by atoms with van der Waals surface area (Å²) in [5.74, 6) is -1.12. The molecule has 3 aromatic rings. The monoisotopic (exact) mass is 511 g/mol.